The van der Waals surface area contributed by atoms with E-state index in [1.807, 2.05) is 30.3 Å². The predicted molar refractivity (Wildman–Crippen MR) is 229 cm³/mol. The maximum atomic E-state index is 13.0. The number of nitrogen functional groups attached to an aromatic ring is 1. The van der Waals surface area contributed by atoms with Gasteiger partial charge in [-0.3, -0.25) is 43.4 Å². The number of aromatic amines is 1. The molecule has 0 radical (unpaired) electrons. The second kappa shape index (κ2) is 21.8. The molecule has 7 atom stereocenters. The van der Waals surface area contributed by atoms with Gasteiger partial charge in [0, 0.05) is 36.3 Å². The van der Waals surface area contributed by atoms with Gasteiger partial charge in [0.15, 0.2) is 6.33 Å². The Balaban J connectivity index is 0.754. The lowest BCUT2D eigenvalue weighted by Gasteiger charge is -2.29. The second-order valence-electron chi connectivity index (χ2n) is 15.4. The lowest BCUT2D eigenvalue weighted by atomic mass is 10.0. The van der Waals surface area contributed by atoms with Gasteiger partial charge in [0.05, 0.1) is 59.2 Å². The van der Waals surface area contributed by atoms with Crippen LogP contribution in [0.3, 0.4) is 0 Å². The Morgan fingerprint density at radius 1 is 0.955 bits per heavy atom. The molecule has 26 nitrogen and oxygen atoms in total. The first-order chi connectivity index (χ1) is 32.0. The number of rotatable bonds is 23. The van der Waals surface area contributed by atoms with Crippen LogP contribution < -0.4 is 31.6 Å². The molecule has 5 heterocycles. The van der Waals surface area contributed by atoms with Crippen LogP contribution in [0.25, 0.3) is 11.2 Å². The summed E-state index contributed by atoms with van der Waals surface area (Å²) < 4.78 is 59.3. The zero-order chi connectivity index (χ0) is 47.9. The largest absolute Gasteiger partial charge is 0.480 e. The molecule has 7 rings (SSSR count). The summed E-state index contributed by atoms with van der Waals surface area (Å²) >= 11 is 0. The smallest absolute Gasteiger partial charge is 0.387 e. The van der Waals surface area contributed by atoms with E-state index >= 15 is 0 Å². The lowest BCUT2D eigenvalue weighted by Crippen LogP contribution is -2.52. The van der Waals surface area contributed by atoms with Crippen molar-refractivity contribution in [1.29, 1.82) is 0 Å². The number of anilines is 2. The third-order valence-electron chi connectivity index (χ3n) is 10.7. The van der Waals surface area contributed by atoms with Crippen LogP contribution >= 0.6 is 15.6 Å². The minimum Gasteiger partial charge on any atom is -0.387 e. The number of nitrogens with one attached hydrogen (secondary N) is 4. The van der Waals surface area contributed by atoms with Crippen molar-refractivity contribution in [3.63, 3.8) is 0 Å². The van der Waals surface area contributed by atoms with Gasteiger partial charge >= 0.3 is 21.2 Å². The molecule has 2 aromatic carbocycles. The fourth-order valence-corrected chi connectivity index (χ4v) is 9.85. The average Bonchev–Trinajstić information content (AvgIpc) is 3.90. The van der Waals surface area contributed by atoms with Crippen molar-refractivity contribution in [3.8, 4) is 0 Å². The molecule has 0 saturated carbocycles. The fourth-order valence-electron chi connectivity index (χ4n) is 7.60. The SMILES string of the molecule is Nc1nc2c(c(=O)[nH]1)n(Cc1ccccc1)c[n+]2[C@@H]1O[C@H](COP(=O)(O)OP(=O)(O)NCCOCCOCCOCCC(=O)Nc2cccc3c2CN(C2CCC(=O)NC2=O)C3=O)[C@@H](O)[C@H]1O. The molecule has 10 N–H and O–H groups in total. The molecule has 2 saturated heterocycles. The Kier molecular flexibility index (Phi) is 16.1. The number of phosphoric acid groups is 1. The first-order valence-electron chi connectivity index (χ1n) is 20.9. The van der Waals surface area contributed by atoms with Crippen molar-refractivity contribution in [2.75, 3.05) is 63.8 Å². The van der Waals surface area contributed by atoms with Gasteiger partial charge in [-0.05, 0) is 24.1 Å². The van der Waals surface area contributed by atoms with Crippen molar-refractivity contribution in [3.05, 3.63) is 81.9 Å². The highest BCUT2D eigenvalue weighted by atomic mass is 31.3. The van der Waals surface area contributed by atoms with Crippen LogP contribution in [-0.4, -0.2) is 140 Å². The summed E-state index contributed by atoms with van der Waals surface area (Å²) in [6.07, 6.45) is -4.40. The minimum absolute atomic E-state index is 0.00589. The molecule has 67 heavy (non-hydrogen) atoms. The zero-order valence-corrected chi connectivity index (χ0v) is 37.4. The number of fused-ring (bicyclic) bond motifs is 2. The molecular formula is C39H50N9O17P2+. The van der Waals surface area contributed by atoms with Gasteiger partial charge in [-0.1, -0.05) is 41.4 Å². The molecule has 2 fully saturated rings. The molecule has 0 spiro atoms. The zero-order valence-electron chi connectivity index (χ0n) is 35.6. The molecule has 28 heteroatoms. The number of carbonyl (C=O) groups is 4. The first-order valence-corrected chi connectivity index (χ1v) is 24.0. The molecule has 3 unspecified atom stereocenters. The number of benzene rings is 2. The molecule has 4 amide bonds. The number of amides is 4. The molecule has 4 aromatic rings. The highest BCUT2D eigenvalue weighted by Gasteiger charge is 2.48. The van der Waals surface area contributed by atoms with Crippen LogP contribution in [0.4, 0.5) is 11.6 Å². The van der Waals surface area contributed by atoms with Crippen LogP contribution in [0.15, 0.2) is 59.7 Å². The number of H-pyrrole nitrogens is 1. The van der Waals surface area contributed by atoms with Crippen molar-refractivity contribution < 1.29 is 80.7 Å². The minimum atomic E-state index is -5.27. The lowest BCUT2D eigenvalue weighted by molar-refractivity contribution is -0.745. The molecule has 362 valence electrons. The standard InChI is InChI=1S/C39H49N9O17P2/c40-39-44-34-31(36(54)45-39)46(19-23-5-2-1-3-6-23)22-48(34)38-33(52)32(51)28(64-38)21-63-67(58,59)65-66(56,57)41-12-14-61-16-18-62-17-15-60-13-11-30(50)42-26-8-4-7-24-25(26)20-47(37(24)55)27-9-10-29(49)43-35(27)53/h1-8,22,27-28,32-33,38,51-52H,9-21H2,(H7-,40,41,42,43,44,45,49,50,53,54,56,57,58,59)/p+1/t27?,28-,32-,33-,38-/m1/s1. The number of aliphatic hydroxyl groups excluding tert-OH is 2. The number of hydrogen-bond donors (Lipinski definition) is 9. The van der Waals surface area contributed by atoms with E-state index in [2.05, 4.69) is 30.0 Å². The maximum absolute atomic E-state index is 13.0. The summed E-state index contributed by atoms with van der Waals surface area (Å²) in [4.78, 5) is 90.8. The number of ether oxygens (including phenoxy) is 4. The van der Waals surface area contributed by atoms with Gasteiger partial charge in [-0.2, -0.15) is 4.31 Å². The van der Waals surface area contributed by atoms with Gasteiger partial charge in [0.2, 0.25) is 29.5 Å². The normalized spacial score (nSPS) is 22.4. The molecule has 3 aliphatic heterocycles. The summed E-state index contributed by atoms with van der Waals surface area (Å²) in [5.41, 5.74) is 7.52. The Labute approximate surface area is 380 Å². The number of nitrogens with two attached hydrogens (primary N) is 1. The van der Waals surface area contributed by atoms with Gasteiger partial charge in [-0.15, -0.1) is 0 Å². The van der Waals surface area contributed by atoms with Crippen LogP contribution in [0.5, 0.6) is 0 Å². The van der Waals surface area contributed by atoms with Crippen LogP contribution in [0.1, 0.15) is 47.0 Å². The fraction of sp³-hybridized carbons (Fsp3) is 0.462. The van der Waals surface area contributed by atoms with E-state index in [9.17, 15) is 53.1 Å². The first kappa shape index (κ1) is 49.6. The topological polar surface area (TPSA) is 359 Å². The van der Waals surface area contributed by atoms with Gasteiger partial charge in [-0.25, -0.2) is 18.8 Å². The monoisotopic (exact) mass is 978 g/mol. The maximum Gasteiger partial charge on any atom is 0.480 e. The van der Waals surface area contributed by atoms with Crippen molar-refractivity contribution >= 4 is 62.0 Å². The van der Waals surface area contributed by atoms with Gasteiger partial charge in [0.1, 0.15) is 24.4 Å². The Bertz CT molecular complexity index is 2620. The quantitative estimate of drug-likeness (QED) is 0.0185. The molecule has 3 aliphatic rings. The summed E-state index contributed by atoms with van der Waals surface area (Å²) in [6.45, 7) is -0.418. The Morgan fingerprint density at radius 3 is 2.40 bits per heavy atom. The molecule has 2 aromatic heterocycles. The summed E-state index contributed by atoms with van der Waals surface area (Å²) in [5.74, 6) is -1.85. The highest BCUT2D eigenvalue weighted by Crippen LogP contribution is 2.57. The second-order valence-corrected chi connectivity index (χ2v) is 18.7. The number of imide groups is 1. The number of phosphoric ester groups is 1. The number of aromatic nitrogens is 4. The van der Waals surface area contributed by atoms with Crippen molar-refractivity contribution in [1.82, 2.24) is 29.8 Å². The van der Waals surface area contributed by atoms with Gasteiger partial charge < -0.3 is 54.9 Å². The molecular weight excluding hydrogens is 928 g/mol. The van der Waals surface area contributed by atoms with Crippen molar-refractivity contribution in [2.24, 2.45) is 0 Å². The number of hydrogen-bond acceptors (Lipinski definition) is 17. The molecule has 0 aliphatic carbocycles. The highest BCUT2D eigenvalue weighted by molar-refractivity contribution is 7.62. The van der Waals surface area contributed by atoms with E-state index < -0.39 is 64.2 Å². The Hall–Kier alpha value is -5.31. The third-order valence-corrected chi connectivity index (χ3v) is 13.6. The number of nitrogens with zero attached hydrogens (tertiary/aromatic N) is 4. The summed E-state index contributed by atoms with van der Waals surface area (Å²) in [6, 6.07) is 13.2. The average molecular weight is 979 g/mol. The number of aliphatic hydroxyl groups is 2. The van der Waals surface area contributed by atoms with E-state index in [0.29, 0.717) is 16.8 Å². The summed E-state index contributed by atoms with van der Waals surface area (Å²) in [7, 11) is -10.2. The van der Waals surface area contributed by atoms with E-state index in [-0.39, 0.29) is 113 Å². The predicted octanol–water partition coefficient (Wildman–Crippen LogP) is -1.07. The summed E-state index contributed by atoms with van der Waals surface area (Å²) in [5, 5.41) is 28.8. The van der Waals surface area contributed by atoms with E-state index in [1.54, 1.807) is 22.8 Å². The van der Waals surface area contributed by atoms with E-state index in [0.717, 1.165) is 5.56 Å². The third kappa shape index (κ3) is 12.4. The number of imidazole rings is 1. The van der Waals surface area contributed by atoms with E-state index in [4.69, 9.17) is 29.2 Å². The van der Waals surface area contributed by atoms with Crippen molar-refractivity contribution in [2.45, 2.75) is 62.9 Å². The molecule has 0 bridgehead atoms. The van der Waals surface area contributed by atoms with Crippen LogP contribution in [-0.2, 0) is 64.4 Å². The van der Waals surface area contributed by atoms with Crippen LogP contribution in [0.2, 0.25) is 0 Å². The number of piperidine rings is 1. The van der Waals surface area contributed by atoms with Crippen LogP contribution in [0, 0.1) is 0 Å². The Morgan fingerprint density at radius 2 is 1.67 bits per heavy atom. The van der Waals surface area contributed by atoms with E-state index in [1.165, 1.54) is 15.8 Å². The number of carbonyl (C=O) groups excluding carboxylic acids is 4. The van der Waals surface area contributed by atoms with Gasteiger partial charge in [0.25, 0.3) is 17.4 Å².